The van der Waals surface area contributed by atoms with Crippen molar-refractivity contribution in [1.82, 2.24) is 0 Å². The Morgan fingerprint density at radius 2 is 1.53 bits per heavy atom. The van der Waals surface area contributed by atoms with E-state index in [2.05, 4.69) is 0 Å². The van der Waals surface area contributed by atoms with Crippen LogP contribution in [0.15, 0.2) is 0 Å². The first kappa shape index (κ1) is 8.60. The van der Waals surface area contributed by atoms with Crippen molar-refractivity contribution in [1.29, 1.82) is 0 Å². The third-order valence-corrected chi connectivity index (χ3v) is 6.00. The summed E-state index contributed by atoms with van der Waals surface area (Å²) in [4.78, 5) is 11.2. The van der Waals surface area contributed by atoms with Crippen LogP contribution in [0.2, 0.25) is 0 Å². The fourth-order valence-electron chi connectivity index (χ4n) is 5.58. The molecular formula is C13H18O2. The smallest absolute Gasteiger partial charge is 0.307 e. The predicted octanol–water partition coefficient (Wildman–Crippen LogP) is 2.53. The van der Waals surface area contributed by atoms with Crippen LogP contribution < -0.4 is 0 Å². The molecule has 5 aliphatic carbocycles. The summed E-state index contributed by atoms with van der Waals surface area (Å²) in [6.07, 6.45) is 7.90. The normalized spacial score (nSPS) is 59.9. The second-order valence-electron chi connectivity index (χ2n) is 6.51. The first-order chi connectivity index (χ1) is 7.20. The van der Waals surface area contributed by atoms with Crippen molar-refractivity contribution in [2.24, 2.45) is 35.0 Å². The van der Waals surface area contributed by atoms with Crippen molar-refractivity contribution >= 4 is 5.97 Å². The lowest BCUT2D eigenvalue weighted by atomic mass is 9.49. The van der Waals surface area contributed by atoms with Crippen LogP contribution in [0, 0.1) is 35.0 Å². The molecule has 1 N–H and O–H groups in total. The highest BCUT2D eigenvalue weighted by Gasteiger charge is 2.70. The fraction of sp³-hybridized carbons (Fsp3) is 0.923. The van der Waals surface area contributed by atoms with E-state index in [-0.39, 0.29) is 5.92 Å². The Morgan fingerprint density at radius 1 is 1.00 bits per heavy atom. The molecule has 0 aromatic rings. The Hall–Kier alpha value is -0.530. The number of carboxylic acids is 1. The maximum atomic E-state index is 11.2. The molecule has 2 heteroatoms. The van der Waals surface area contributed by atoms with Crippen LogP contribution in [0.3, 0.4) is 0 Å². The zero-order valence-electron chi connectivity index (χ0n) is 8.98. The minimum atomic E-state index is -0.512. The van der Waals surface area contributed by atoms with Crippen molar-refractivity contribution in [2.45, 2.75) is 38.5 Å². The van der Waals surface area contributed by atoms with Gasteiger partial charge in [-0.15, -0.1) is 0 Å². The average Bonchev–Trinajstić information content (AvgIpc) is 2.89. The summed E-state index contributed by atoms with van der Waals surface area (Å²) in [5.74, 6) is 3.03. The van der Waals surface area contributed by atoms with Gasteiger partial charge in [-0.3, -0.25) is 4.79 Å². The summed E-state index contributed by atoms with van der Waals surface area (Å²) in [7, 11) is 0. The highest BCUT2D eigenvalue weighted by atomic mass is 16.4. The van der Waals surface area contributed by atoms with Crippen LogP contribution in [0.4, 0.5) is 0 Å². The largest absolute Gasteiger partial charge is 0.481 e. The minimum absolute atomic E-state index is 0.0347. The van der Waals surface area contributed by atoms with E-state index in [9.17, 15) is 9.90 Å². The molecule has 5 saturated carbocycles. The van der Waals surface area contributed by atoms with E-state index in [1.54, 1.807) is 0 Å². The Bertz CT molecular complexity index is 305. The molecule has 0 unspecified atom stereocenters. The molecule has 15 heavy (non-hydrogen) atoms. The molecule has 0 radical (unpaired) electrons. The minimum Gasteiger partial charge on any atom is -0.481 e. The molecule has 1 spiro atoms. The van der Waals surface area contributed by atoms with E-state index < -0.39 is 5.97 Å². The highest BCUT2D eigenvalue weighted by Crippen LogP contribution is 2.74. The molecular weight excluding hydrogens is 188 g/mol. The van der Waals surface area contributed by atoms with Crippen LogP contribution >= 0.6 is 0 Å². The molecule has 5 fully saturated rings. The summed E-state index contributed by atoms with van der Waals surface area (Å²) in [5.41, 5.74) is 0.291. The van der Waals surface area contributed by atoms with Gasteiger partial charge < -0.3 is 5.11 Å². The fourth-order valence-corrected chi connectivity index (χ4v) is 5.58. The molecule has 0 heterocycles. The van der Waals surface area contributed by atoms with Crippen molar-refractivity contribution < 1.29 is 9.90 Å². The van der Waals surface area contributed by atoms with Gasteiger partial charge in [0.2, 0.25) is 0 Å². The third kappa shape index (κ3) is 0.896. The third-order valence-electron chi connectivity index (χ3n) is 6.00. The Labute approximate surface area is 90.1 Å². The summed E-state index contributed by atoms with van der Waals surface area (Å²) in [6, 6.07) is 0. The average molecular weight is 206 g/mol. The van der Waals surface area contributed by atoms with Gasteiger partial charge in [0.15, 0.2) is 0 Å². The second kappa shape index (κ2) is 2.41. The lowest BCUT2D eigenvalue weighted by Crippen LogP contribution is -2.47. The monoisotopic (exact) mass is 206 g/mol. The summed E-state index contributed by atoms with van der Waals surface area (Å²) in [5, 5.41) is 9.20. The molecule has 4 bridgehead atoms. The van der Waals surface area contributed by atoms with Crippen LogP contribution in [-0.4, -0.2) is 11.1 Å². The quantitative estimate of drug-likeness (QED) is 0.715. The van der Waals surface area contributed by atoms with Gasteiger partial charge in [0.05, 0.1) is 5.92 Å². The van der Waals surface area contributed by atoms with Crippen LogP contribution in [-0.2, 0) is 4.79 Å². The van der Waals surface area contributed by atoms with E-state index in [1.807, 2.05) is 0 Å². The maximum absolute atomic E-state index is 11.2. The second-order valence-corrected chi connectivity index (χ2v) is 6.51. The van der Waals surface area contributed by atoms with Gasteiger partial charge in [-0.05, 0) is 67.6 Å². The van der Waals surface area contributed by atoms with E-state index in [1.165, 1.54) is 32.1 Å². The van der Waals surface area contributed by atoms with Gasteiger partial charge in [-0.25, -0.2) is 0 Å². The van der Waals surface area contributed by atoms with E-state index >= 15 is 0 Å². The zero-order valence-corrected chi connectivity index (χ0v) is 8.98. The molecule has 0 amide bonds. The molecule has 1 atom stereocenters. The van der Waals surface area contributed by atoms with Gasteiger partial charge in [-0.1, -0.05) is 0 Å². The molecule has 0 aliphatic heterocycles. The molecule has 2 nitrogen and oxygen atoms in total. The first-order valence-corrected chi connectivity index (χ1v) is 6.43. The lowest BCUT2D eigenvalue weighted by Gasteiger charge is -2.55. The van der Waals surface area contributed by atoms with Crippen molar-refractivity contribution in [2.75, 3.05) is 0 Å². The van der Waals surface area contributed by atoms with E-state index in [0.29, 0.717) is 5.41 Å². The van der Waals surface area contributed by atoms with Gasteiger partial charge >= 0.3 is 5.97 Å². The Morgan fingerprint density at radius 3 is 1.93 bits per heavy atom. The van der Waals surface area contributed by atoms with Crippen LogP contribution in [0.1, 0.15) is 38.5 Å². The standard InChI is InChI=1S/C13H18O2/c14-12(15)11-6-13(11)9-2-7-1-8(4-9)5-10(13)3-7/h7-11H,1-6H2,(H,14,15)/t7?,8?,9?,10?,11-,13?/m0/s1. The van der Waals surface area contributed by atoms with Gasteiger partial charge in [-0.2, -0.15) is 0 Å². The van der Waals surface area contributed by atoms with E-state index in [0.717, 1.165) is 30.1 Å². The van der Waals surface area contributed by atoms with Crippen molar-refractivity contribution in [3.63, 3.8) is 0 Å². The topological polar surface area (TPSA) is 37.3 Å². The number of hydrogen-bond donors (Lipinski definition) is 1. The van der Waals surface area contributed by atoms with Gasteiger partial charge in [0, 0.05) is 0 Å². The molecule has 5 aliphatic rings. The first-order valence-electron chi connectivity index (χ1n) is 6.43. The molecule has 82 valence electrons. The van der Waals surface area contributed by atoms with Crippen molar-refractivity contribution in [3.05, 3.63) is 0 Å². The summed E-state index contributed by atoms with van der Waals surface area (Å²) >= 11 is 0. The number of rotatable bonds is 1. The number of carboxylic acid groups (broad SMARTS) is 1. The molecule has 0 aromatic carbocycles. The Balaban J connectivity index is 1.70. The summed E-state index contributed by atoms with van der Waals surface area (Å²) < 4.78 is 0. The van der Waals surface area contributed by atoms with Crippen LogP contribution in [0.5, 0.6) is 0 Å². The zero-order chi connectivity index (χ0) is 10.2. The predicted molar refractivity (Wildman–Crippen MR) is 55.2 cm³/mol. The lowest BCUT2D eigenvalue weighted by molar-refractivity contribution is -0.143. The highest BCUT2D eigenvalue weighted by molar-refractivity contribution is 5.75. The van der Waals surface area contributed by atoms with Gasteiger partial charge in [0.25, 0.3) is 0 Å². The number of carbonyl (C=O) groups is 1. The SMILES string of the molecule is O=C(O)[C@@H]1CC12C1CC3CC(C1)CC2C3. The van der Waals surface area contributed by atoms with Crippen molar-refractivity contribution in [3.8, 4) is 0 Å². The maximum Gasteiger partial charge on any atom is 0.307 e. The van der Waals surface area contributed by atoms with Crippen LogP contribution in [0.25, 0.3) is 0 Å². The number of aliphatic carboxylic acids is 1. The van der Waals surface area contributed by atoms with Gasteiger partial charge in [0.1, 0.15) is 0 Å². The molecule has 0 aromatic heterocycles. The number of hydrogen-bond acceptors (Lipinski definition) is 1. The Kier molecular flexibility index (Phi) is 1.38. The molecule has 5 rings (SSSR count). The van der Waals surface area contributed by atoms with E-state index in [4.69, 9.17) is 0 Å². The summed E-state index contributed by atoms with van der Waals surface area (Å²) in [6.45, 7) is 0. The molecule has 0 saturated heterocycles.